The minimum absolute atomic E-state index is 0.354. The number of hydrogen-bond donors (Lipinski definition) is 0. The molecule has 1 heterocycles. The minimum atomic E-state index is -0.354. The van der Waals surface area contributed by atoms with Gasteiger partial charge in [0.05, 0.1) is 19.4 Å². The molecule has 0 N–H and O–H groups in total. The van der Waals surface area contributed by atoms with E-state index >= 15 is 0 Å². The van der Waals surface area contributed by atoms with Crippen molar-refractivity contribution in [2.75, 3.05) is 25.2 Å². The molecule has 0 amide bonds. The van der Waals surface area contributed by atoms with Gasteiger partial charge < -0.3 is 14.4 Å². The summed E-state index contributed by atoms with van der Waals surface area (Å²) in [6.07, 6.45) is 4.07. The lowest BCUT2D eigenvalue weighted by atomic mass is 10.2. The summed E-state index contributed by atoms with van der Waals surface area (Å²) in [5.41, 5.74) is 0.977. The van der Waals surface area contributed by atoms with Crippen LogP contribution in [0.3, 0.4) is 0 Å². The summed E-state index contributed by atoms with van der Waals surface area (Å²) in [5.74, 6) is 0.493. The van der Waals surface area contributed by atoms with Crippen LogP contribution in [0.15, 0.2) is 36.5 Å². The number of methoxy groups -OCH3 is 1. The van der Waals surface area contributed by atoms with E-state index in [9.17, 15) is 4.79 Å². The Morgan fingerprint density at radius 2 is 2.29 bits per heavy atom. The fourth-order valence-electron chi connectivity index (χ4n) is 1.73. The van der Waals surface area contributed by atoms with Gasteiger partial charge in [0, 0.05) is 18.8 Å². The van der Waals surface area contributed by atoms with Crippen LogP contribution in [0.25, 0.3) is 0 Å². The Morgan fingerprint density at radius 1 is 1.47 bits per heavy atom. The molecule has 0 saturated carbocycles. The van der Waals surface area contributed by atoms with Gasteiger partial charge in [0.1, 0.15) is 5.75 Å². The van der Waals surface area contributed by atoms with Crippen molar-refractivity contribution in [2.45, 2.75) is 6.42 Å². The zero-order valence-electron chi connectivity index (χ0n) is 9.76. The largest absolute Gasteiger partial charge is 0.491 e. The zero-order valence-corrected chi connectivity index (χ0v) is 9.76. The molecule has 17 heavy (non-hydrogen) atoms. The van der Waals surface area contributed by atoms with E-state index in [0.29, 0.717) is 6.61 Å². The molecule has 1 aromatic rings. The molecule has 0 aromatic heterocycles. The Morgan fingerprint density at radius 3 is 3.12 bits per heavy atom. The minimum Gasteiger partial charge on any atom is -0.491 e. The van der Waals surface area contributed by atoms with Crippen molar-refractivity contribution in [1.82, 2.24) is 0 Å². The average Bonchev–Trinajstić information content (AvgIpc) is 2.58. The Kier molecular flexibility index (Phi) is 3.65. The normalized spacial score (nSPS) is 15.0. The average molecular weight is 233 g/mol. The van der Waals surface area contributed by atoms with Crippen molar-refractivity contribution >= 4 is 11.7 Å². The standard InChI is InChI=1S/C13H15NO3/c1-16-13(15)7-9-14-8-4-10-17-12-6-3-2-5-11(12)14/h2-3,5-7,9H,4,8,10H2,1H3/b9-7+. The quantitative estimate of drug-likeness (QED) is 0.578. The van der Waals surface area contributed by atoms with E-state index in [1.54, 1.807) is 6.20 Å². The summed E-state index contributed by atoms with van der Waals surface area (Å²) < 4.78 is 10.2. The third kappa shape index (κ3) is 2.78. The number of carbonyl (C=O) groups excluding carboxylic acids is 1. The van der Waals surface area contributed by atoms with Gasteiger partial charge in [-0.2, -0.15) is 0 Å². The predicted octanol–water partition coefficient (Wildman–Crippen LogP) is 1.96. The molecule has 2 rings (SSSR count). The van der Waals surface area contributed by atoms with Gasteiger partial charge in [-0.1, -0.05) is 12.1 Å². The smallest absolute Gasteiger partial charge is 0.331 e. The molecule has 4 nitrogen and oxygen atoms in total. The highest BCUT2D eigenvalue weighted by molar-refractivity contribution is 5.82. The van der Waals surface area contributed by atoms with Crippen molar-refractivity contribution in [1.29, 1.82) is 0 Å². The second-order valence-corrected chi connectivity index (χ2v) is 3.70. The third-order valence-electron chi connectivity index (χ3n) is 2.57. The fourth-order valence-corrected chi connectivity index (χ4v) is 1.73. The molecule has 0 spiro atoms. The highest BCUT2D eigenvalue weighted by atomic mass is 16.5. The molecule has 1 aromatic carbocycles. The maximum atomic E-state index is 11.1. The fraction of sp³-hybridized carbons (Fsp3) is 0.308. The molecule has 0 aliphatic carbocycles. The molecule has 0 unspecified atom stereocenters. The van der Waals surface area contributed by atoms with E-state index < -0.39 is 0 Å². The molecule has 0 radical (unpaired) electrons. The number of hydrogen-bond acceptors (Lipinski definition) is 4. The molecule has 0 bridgehead atoms. The van der Waals surface area contributed by atoms with E-state index in [0.717, 1.165) is 24.4 Å². The Hall–Kier alpha value is -1.97. The van der Waals surface area contributed by atoms with Gasteiger partial charge in [0.15, 0.2) is 0 Å². The topological polar surface area (TPSA) is 38.8 Å². The summed E-state index contributed by atoms with van der Waals surface area (Å²) >= 11 is 0. The molecular formula is C13H15NO3. The molecule has 0 fully saturated rings. The first-order chi connectivity index (χ1) is 8.31. The highest BCUT2D eigenvalue weighted by Gasteiger charge is 2.13. The van der Waals surface area contributed by atoms with Crippen molar-refractivity contribution in [3.05, 3.63) is 36.5 Å². The summed E-state index contributed by atoms with van der Waals surface area (Å²) in [7, 11) is 1.37. The highest BCUT2D eigenvalue weighted by Crippen LogP contribution is 2.30. The van der Waals surface area contributed by atoms with Crippen LogP contribution in [0, 0.1) is 0 Å². The van der Waals surface area contributed by atoms with Gasteiger partial charge in [-0.15, -0.1) is 0 Å². The van der Waals surface area contributed by atoms with Crippen molar-refractivity contribution < 1.29 is 14.3 Å². The van der Waals surface area contributed by atoms with E-state index in [4.69, 9.17) is 4.74 Å². The van der Waals surface area contributed by atoms with Crippen LogP contribution in [-0.2, 0) is 9.53 Å². The lowest BCUT2D eigenvalue weighted by Crippen LogP contribution is -2.17. The van der Waals surface area contributed by atoms with Crippen LogP contribution in [-0.4, -0.2) is 26.2 Å². The van der Waals surface area contributed by atoms with E-state index in [-0.39, 0.29) is 5.97 Å². The number of para-hydroxylation sites is 2. The lowest BCUT2D eigenvalue weighted by molar-refractivity contribution is -0.134. The van der Waals surface area contributed by atoms with E-state index in [1.807, 2.05) is 29.2 Å². The summed E-state index contributed by atoms with van der Waals surface area (Å²) in [5, 5.41) is 0. The first-order valence-electron chi connectivity index (χ1n) is 5.56. The lowest BCUT2D eigenvalue weighted by Gasteiger charge is -2.18. The molecule has 0 atom stereocenters. The maximum Gasteiger partial charge on any atom is 0.331 e. The summed E-state index contributed by atoms with van der Waals surface area (Å²) in [6.45, 7) is 1.52. The number of ether oxygens (including phenoxy) is 2. The predicted molar refractivity (Wildman–Crippen MR) is 65.1 cm³/mol. The van der Waals surface area contributed by atoms with Gasteiger partial charge in [-0.25, -0.2) is 4.79 Å². The first-order valence-corrected chi connectivity index (χ1v) is 5.56. The van der Waals surface area contributed by atoms with Crippen LogP contribution in [0.5, 0.6) is 5.75 Å². The number of fused-ring (bicyclic) bond motifs is 1. The molecule has 0 saturated heterocycles. The van der Waals surface area contributed by atoms with Gasteiger partial charge in [0.25, 0.3) is 0 Å². The zero-order chi connectivity index (χ0) is 12.1. The van der Waals surface area contributed by atoms with Crippen LogP contribution in [0.1, 0.15) is 6.42 Å². The Labute approximate surface area is 100 Å². The monoisotopic (exact) mass is 233 g/mol. The number of carbonyl (C=O) groups is 1. The number of benzene rings is 1. The van der Waals surface area contributed by atoms with E-state index in [2.05, 4.69) is 4.74 Å². The van der Waals surface area contributed by atoms with Gasteiger partial charge in [-0.3, -0.25) is 0 Å². The second kappa shape index (κ2) is 5.39. The number of rotatable bonds is 2. The van der Waals surface area contributed by atoms with E-state index in [1.165, 1.54) is 13.2 Å². The maximum absolute atomic E-state index is 11.1. The molecule has 90 valence electrons. The van der Waals surface area contributed by atoms with Crippen molar-refractivity contribution in [3.63, 3.8) is 0 Å². The molecule has 1 aliphatic rings. The van der Waals surface area contributed by atoms with Crippen molar-refractivity contribution in [2.24, 2.45) is 0 Å². The first kappa shape index (κ1) is 11.5. The van der Waals surface area contributed by atoms with Crippen molar-refractivity contribution in [3.8, 4) is 5.75 Å². The van der Waals surface area contributed by atoms with Gasteiger partial charge in [0.2, 0.25) is 0 Å². The van der Waals surface area contributed by atoms with Crippen LogP contribution in [0.2, 0.25) is 0 Å². The Balaban J connectivity index is 2.22. The summed E-state index contributed by atoms with van der Waals surface area (Å²) in [4.78, 5) is 13.1. The number of anilines is 1. The van der Waals surface area contributed by atoms with Crippen LogP contribution in [0.4, 0.5) is 5.69 Å². The second-order valence-electron chi connectivity index (χ2n) is 3.70. The Bertz CT molecular complexity index is 428. The SMILES string of the molecule is COC(=O)/C=C/N1CCCOc2ccccc21. The number of nitrogens with zero attached hydrogens (tertiary/aromatic N) is 1. The molecule has 4 heteroatoms. The molecule has 1 aliphatic heterocycles. The number of esters is 1. The van der Waals surface area contributed by atoms with Crippen LogP contribution >= 0.6 is 0 Å². The van der Waals surface area contributed by atoms with Gasteiger partial charge >= 0.3 is 5.97 Å². The van der Waals surface area contributed by atoms with Crippen LogP contribution < -0.4 is 9.64 Å². The summed E-state index contributed by atoms with van der Waals surface area (Å²) in [6, 6.07) is 7.79. The van der Waals surface area contributed by atoms with Gasteiger partial charge in [-0.05, 0) is 18.6 Å². The molecular weight excluding hydrogens is 218 g/mol. The third-order valence-corrected chi connectivity index (χ3v) is 2.57.